The third-order valence-corrected chi connectivity index (χ3v) is 3.18. The van der Waals surface area contributed by atoms with Crippen LogP contribution in [0.25, 0.3) is 10.8 Å². The van der Waals surface area contributed by atoms with E-state index >= 15 is 0 Å². The van der Waals surface area contributed by atoms with Crippen LogP contribution in [0.15, 0.2) is 55.1 Å². The predicted octanol–water partition coefficient (Wildman–Crippen LogP) is 3.19. The van der Waals surface area contributed by atoms with Crippen molar-refractivity contribution >= 4 is 22.4 Å². The topological polar surface area (TPSA) is 54.9 Å². The van der Waals surface area contributed by atoms with E-state index in [-0.39, 0.29) is 5.91 Å². The molecular formula is C16H13N3O. The summed E-state index contributed by atoms with van der Waals surface area (Å²) in [6.45, 7) is 2.02. The van der Waals surface area contributed by atoms with Crippen LogP contribution in [0.5, 0.6) is 0 Å². The summed E-state index contributed by atoms with van der Waals surface area (Å²) >= 11 is 0. The normalized spacial score (nSPS) is 10.4. The average molecular weight is 263 g/mol. The van der Waals surface area contributed by atoms with Gasteiger partial charge in [-0.15, -0.1) is 0 Å². The van der Waals surface area contributed by atoms with Crippen LogP contribution >= 0.6 is 0 Å². The fourth-order valence-corrected chi connectivity index (χ4v) is 2.22. The lowest BCUT2D eigenvalue weighted by molar-refractivity contribution is 0.102. The van der Waals surface area contributed by atoms with Crippen molar-refractivity contribution in [2.75, 3.05) is 5.32 Å². The average Bonchev–Trinajstić information content (AvgIpc) is 2.48. The summed E-state index contributed by atoms with van der Waals surface area (Å²) in [5, 5.41) is 4.94. The van der Waals surface area contributed by atoms with Crippen LogP contribution in [0, 0.1) is 6.92 Å². The van der Waals surface area contributed by atoms with E-state index in [9.17, 15) is 4.79 Å². The molecular weight excluding hydrogens is 250 g/mol. The summed E-state index contributed by atoms with van der Waals surface area (Å²) in [7, 11) is 0. The minimum absolute atomic E-state index is 0.162. The minimum Gasteiger partial charge on any atom is -0.320 e. The second-order valence-corrected chi connectivity index (χ2v) is 4.55. The van der Waals surface area contributed by atoms with Gasteiger partial charge in [-0.2, -0.15) is 0 Å². The first-order chi connectivity index (χ1) is 9.75. The van der Waals surface area contributed by atoms with E-state index < -0.39 is 0 Å². The van der Waals surface area contributed by atoms with Crippen LogP contribution in [-0.2, 0) is 0 Å². The molecule has 1 amide bonds. The molecule has 0 aliphatic rings. The number of pyridine rings is 2. The van der Waals surface area contributed by atoms with Gasteiger partial charge in [-0.05, 0) is 24.6 Å². The molecule has 0 aliphatic heterocycles. The summed E-state index contributed by atoms with van der Waals surface area (Å²) in [5.41, 5.74) is 2.41. The molecule has 4 nitrogen and oxygen atoms in total. The van der Waals surface area contributed by atoms with Crippen molar-refractivity contribution in [2.24, 2.45) is 0 Å². The van der Waals surface area contributed by atoms with Crippen LogP contribution in [0.3, 0.4) is 0 Å². The van der Waals surface area contributed by atoms with Gasteiger partial charge in [-0.3, -0.25) is 14.8 Å². The van der Waals surface area contributed by atoms with E-state index in [4.69, 9.17) is 0 Å². The molecule has 0 saturated carbocycles. The molecule has 3 rings (SSSR count). The monoisotopic (exact) mass is 263 g/mol. The fourth-order valence-electron chi connectivity index (χ4n) is 2.22. The molecule has 0 fully saturated rings. The Morgan fingerprint density at radius 3 is 2.65 bits per heavy atom. The number of amides is 1. The molecule has 0 spiro atoms. The second-order valence-electron chi connectivity index (χ2n) is 4.55. The number of rotatable bonds is 2. The van der Waals surface area contributed by atoms with E-state index in [1.54, 1.807) is 36.9 Å². The molecule has 0 unspecified atom stereocenters. The third-order valence-electron chi connectivity index (χ3n) is 3.18. The lowest BCUT2D eigenvalue weighted by atomic mass is 10.1. The van der Waals surface area contributed by atoms with E-state index in [1.165, 1.54) is 0 Å². The number of aromatic nitrogens is 2. The molecule has 0 atom stereocenters. The molecule has 20 heavy (non-hydrogen) atoms. The highest BCUT2D eigenvalue weighted by atomic mass is 16.1. The maximum absolute atomic E-state index is 12.2. The first-order valence-corrected chi connectivity index (χ1v) is 6.30. The van der Waals surface area contributed by atoms with Gasteiger partial charge in [-0.25, -0.2) is 0 Å². The number of hydrogen-bond acceptors (Lipinski definition) is 3. The van der Waals surface area contributed by atoms with Gasteiger partial charge >= 0.3 is 0 Å². The highest BCUT2D eigenvalue weighted by Crippen LogP contribution is 2.25. The summed E-state index contributed by atoms with van der Waals surface area (Å²) < 4.78 is 0. The van der Waals surface area contributed by atoms with Crippen molar-refractivity contribution in [1.29, 1.82) is 0 Å². The first-order valence-electron chi connectivity index (χ1n) is 6.30. The van der Waals surface area contributed by atoms with Gasteiger partial charge in [-0.1, -0.05) is 18.2 Å². The maximum atomic E-state index is 12.2. The number of benzene rings is 1. The highest BCUT2D eigenvalue weighted by Gasteiger charge is 2.09. The number of hydrogen-bond donors (Lipinski definition) is 1. The molecule has 1 aromatic carbocycles. The number of fused-ring (bicyclic) bond motifs is 1. The molecule has 98 valence electrons. The van der Waals surface area contributed by atoms with Crippen molar-refractivity contribution in [3.8, 4) is 0 Å². The number of carbonyl (C=O) groups excluding carboxylic acids is 1. The Morgan fingerprint density at radius 1 is 1.05 bits per heavy atom. The Kier molecular flexibility index (Phi) is 3.13. The van der Waals surface area contributed by atoms with Crippen LogP contribution in [0.1, 0.15) is 15.9 Å². The molecule has 3 aromatic rings. The fraction of sp³-hybridized carbons (Fsp3) is 0.0625. The molecule has 0 aliphatic carbocycles. The molecule has 4 heteroatoms. The van der Waals surface area contributed by atoms with Gasteiger partial charge in [0.1, 0.15) is 0 Å². The van der Waals surface area contributed by atoms with Crippen molar-refractivity contribution in [3.63, 3.8) is 0 Å². The Balaban J connectivity index is 2.02. The SMILES string of the molecule is Cc1cccc2cncc(NC(=O)c3ccncc3)c12. The molecule has 0 bridgehead atoms. The highest BCUT2D eigenvalue weighted by molar-refractivity contribution is 6.09. The Morgan fingerprint density at radius 2 is 1.85 bits per heavy atom. The van der Waals surface area contributed by atoms with Crippen LogP contribution in [-0.4, -0.2) is 15.9 Å². The van der Waals surface area contributed by atoms with Crippen molar-refractivity contribution in [2.45, 2.75) is 6.92 Å². The van der Waals surface area contributed by atoms with Gasteiger partial charge in [0.25, 0.3) is 5.91 Å². The maximum Gasteiger partial charge on any atom is 0.255 e. The Hall–Kier alpha value is -2.75. The van der Waals surface area contributed by atoms with Gasteiger partial charge < -0.3 is 5.32 Å². The summed E-state index contributed by atoms with van der Waals surface area (Å²) in [4.78, 5) is 20.3. The Labute approximate surface area is 116 Å². The molecule has 0 saturated heterocycles. The standard InChI is InChI=1S/C16H13N3O/c1-11-3-2-4-13-9-18-10-14(15(11)13)19-16(20)12-5-7-17-8-6-12/h2-10H,1H3,(H,19,20). The second kappa shape index (κ2) is 5.09. The van der Waals surface area contributed by atoms with Crippen molar-refractivity contribution in [1.82, 2.24) is 9.97 Å². The Bertz CT molecular complexity index is 764. The van der Waals surface area contributed by atoms with Crippen molar-refractivity contribution < 1.29 is 4.79 Å². The number of nitrogens with zero attached hydrogens (tertiary/aromatic N) is 2. The molecule has 2 heterocycles. The summed E-state index contributed by atoms with van der Waals surface area (Å²) in [6.07, 6.45) is 6.67. The first kappa shape index (κ1) is 12.3. The smallest absolute Gasteiger partial charge is 0.255 e. The lowest BCUT2D eigenvalue weighted by Crippen LogP contribution is -2.12. The van der Waals surface area contributed by atoms with Gasteiger partial charge in [0.05, 0.1) is 11.9 Å². The summed E-state index contributed by atoms with van der Waals surface area (Å²) in [6, 6.07) is 9.34. The zero-order valence-corrected chi connectivity index (χ0v) is 11.0. The molecule has 1 N–H and O–H groups in total. The largest absolute Gasteiger partial charge is 0.320 e. The number of nitrogens with one attached hydrogen (secondary N) is 1. The minimum atomic E-state index is -0.162. The van der Waals surface area contributed by atoms with E-state index in [1.807, 2.05) is 25.1 Å². The van der Waals surface area contributed by atoms with Crippen LogP contribution < -0.4 is 5.32 Å². The van der Waals surface area contributed by atoms with Crippen LogP contribution in [0.2, 0.25) is 0 Å². The number of anilines is 1. The van der Waals surface area contributed by atoms with Gasteiger partial charge in [0.15, 0.2) is 0 Å². The predicted molar refractivity (Wildman–Crippen MR) is 78.7 cm³/mol. The van der Waals surface area contributed by atoms with E-state index in [0.29, 0.717) is 5.56 Å². The lowest BCUT2D eigenvalue weighted by Gasteiger charge is -2.10. The summed E-state index contributed by atoms with van der Waals surface area (Å²) in [5.74, 6) is -0.162. The van der Waals surface area contributed by atoms with Crippen LogP contribution in [0.4, 0.5) is 5.69 Å². The quantitative estimate of drug-likeness (QED) is 0.772. The number of carbonyl (C=O) groups is 1. The van der Waals surface area contributed by atoms with Crippen molar-refractivity contribution in [3.05, 3.63) is 66.2 Å². The molecule has 0 radical (unpaired) electrons. The van der Waals surface area contributed by atoms with E-state index in [2.05, 4.69) is 15.3 Å². The zero-order valence-electron chi connectivity index (χ0n) is 11.0. The van der Waals surface area contributed by atoms with Gasteiger partial charge in [0, 0.05) is 34.9 Å². The molecule has 2 aromatic heterocycles. The third kappa shape index (κ3) is 2.23. The number of aryl methyl sites for hydroxylation is 1. The zero-order chi connectivity index (χ0) is 13.9. The van der Waals surface area contributed by atoms with Gasteiger partial charge in [0.2, 0.25) is 0 Å². The van der Waals surface area contributed by atoms with E-state index in [0.717, 1.165) is 22.0 Å².